The summed E-state index contributed by atoms with van der Waals surface area (Å²) in [6, 6.07) is 4.98. The molecule has 1 aromatic rings. The molecular formula is C14H22N2O3S. The maximum absolute atomic E-state index is 12.6. The number of rotatable bonds is 3. The molecule has 5 nitrogen and oxygen atoms in total. The van der Waals surface area contributed by atoms with Crippen molar-refractivity contribution in [1.82, 2.24) is 4.31 Å². The summed E-state index contributed by atoms with van der Waals surface area (Å²) in [5.41, 5.74) is 7.40. The van der Waals surface area contributed by atoms with Crippen molar-refractivity contribution < 1.29 is 13.2 Å². The second-order valence-electron chi connectivity index (χ2n) is 5.29. The molecule has 2 unspecified atom stereocenters. The van der Waals surface area contributed by atoms with Gasteiger partial charge in [-0.15, -0.1) is 0 Å². The number of sulfonamides is 1. The Morgan fingerprint density at radius 3 is 2.40 bits per heavy atom. The van der Waals surface area contributed by atoms with Gasteiger partial charge in [-0.1, -0.05) is 13.0 Å². The second-order valence-corrected chi connectivity index (χ2v) is 7.23. The minimum atomic E-state index is -3.50. The number of anilines is 1. The molecule has 6 heteroatoms. The summed E-state index contributed by atoms with van der Waals surface area (Å²) in [7, 11) is -3.50. The summed E-state index contributed by atoms with van der Waals surface area (Å²) in [5.74, 6) is 0. The fourth-order valence-electron chi connectivity index (χ4n) is 2.53. The maximum atomic E-state index is 12.6. The lowest BCUT2D eigenvalue weighted by Crippen LogP contribution is -2.48. The summed E-state index contributed by atoms with van der Waals surface area (Å²) >= 11 is 0. The number of morpholine rings is 1. The van der Waals surface area contributed by atoms with E-state index in [0.717, 1.165) is 12.0 Å². The maximum Gasteiger partial charge on any atom is 0.243 e. The van der Waals surface area contributed by atoms with Crippen molar-refractivity contribution in [1.29, 1.82) is 0 Å². The van der Waals surface area contributed by atoms with Crippen LogP contribution in [0.1, 0.15) is 26.3 Å². The van der Waals surface area contributed by atoms with Crippen LogP contribution in [0.2, 0.25) is 0 Å². The molecule has 0 amide bonds. The van der Waals surface area contributed by atoms with Gasteiger partial charge in [-0.3, -0.25) is 0 Å². The van der Waals surface area contributed by atoms with E-state index in [-0.39, 0.29) is 17.1 Å². The van der Waals surface area contributed by atoms with Crippen LogP contribution in [-0.4, -0.2) is 38.0 Å². The van der Waals surface area contributed by atoms with E-state index < -0.39 is 10.0 Å². The minimum absolute atomic E-state index is 0.0965. The monoisotopic (exact) mass is 298 g/mol. The van der Waals surface area contributed by atoms with E-state index >= 15 is 0 Å². The lowest BCUT2D eigenvalue weighted by Gasteiger charge is -2.34. The molecule has 2 atom stereocenters. The predicted octanol–water partition coefficient (Wildman–Crippen LogP) is 1.63. The zero-order chi connectivity index (χ0) is 14.9. The highest BCUT2D eigenvalue weighted by Crippen LogP contribution is 2.24. The third kappa shape index (κ3) is 2.97. The molecule has 112 valence electrons. The molecule has 1 fully saturated rings. The number of hydrogen-bond donors (Lipinski definition) is 1. The van der Waals surface area contributed by atoms with Crippen LogP contribution in [0.25, 0.3) is 0 Å². The van der Waals surface area contributed by atoms with Crippen molar-refractivity contribution in [3.05, 3.63) is 23.8 Å². The topological polar surface area (TPSA) is 72.6 Å². The molecule has 0 bridgehead atoms. The average Bonchev–Trinajstić information content (AvgIpc) is 2.37. The predicted molar refractivity (Wildman–Crippen MR) is 79.0 cm³/mol. The second kappa shape index (κ2) is 5.71. The van der Waals surface area contributed by atoms with Gasteiger partial charge in [0.15, 0.2) is 0 Å². The van der Waals surface area contributed by atoms with Gasteiger partial charge >= 0.3 is 0 Å². The molecule has 0 saturated carbocycles. The molecule has 0 radical (unpaired) electrons. The lowest BCUT2D eigenvalue weighted by molar-refractivity contribution is -0.0440. The third-order valence-corrected chi connectivity index (χ3v) is 5.35. The lowest BCUT2D eigenvalue weighted by atomic mass is 10.1. The van der Waals surface area contributed by atoms with Gasteiger partial charge in [-0.05, 0) is 38.0 Å². The Labute approximate surface area is 120 Å². The molecule has 1 heterocycles. The normalized spacial score (nSPS) is 24.8. The fraction of sp³-hybridized carbons (Fsp3) is 0.571. The van der Waals surface area contributed by atoms with Gasteiger partial charge in [0, 0.05) is 18.8 Å². The van der Waals surface area contributed by atoms with Crippen LogP contribution in [0.15, 0.2) is 23.1 Å². The van der Waals surface area contributed by atoms with E-state index in [0.29, 0.717) is 18.8 Å². The molecule has 1 saturated heterocycles. The Morgan fingerprint density at radius 1 is 1.30 bits per heavy atom. The molecule has 0 aliphatic carbocycles. The molecular weight excluding hydrogens is 276 g/mol. The number of aryl methyl sites for hydroxylation is 1. The zero-order valence-corrected chi connectivity index (χ0v) is 13.0. The summed E-state index contributed by atoms with van der Waals surface area (Å²) in [4.78, 5) is 0.258. The highest BCUT2D eigenvalue weighted by Gasteiger charge is 2.32. The first kappa shape index (κ1) is 15.3. The molecule has 1 aliphatic rings. The van der Waals surface area contributed by atoms with Gasteiger partial charge in [0.05, 0.1) is 17.1 Å². The number of nitrogens with zero attached hydrogens (tertiary/aromatic N) is 1. The number of nitrogens with two attached hydrogens (primary N) is 1. The van der Waals surface area contributed by atoms with Gasteiger partial charge in [-0.25, -0.2) is 8.42 Å². The smallest absolute Gasteiger partial charge is 0.243 e. The van der Waals surface area contributed by atoms with Crippen LogP contribution in [0, 0.1) is 0 Å². The number of nitrogen functional groups attached to an aromatic ring is 1. The number of hydrogen-bond acceptors (Lipinski definition) is 4. The van der Waals surface area contributed by atoms with Crippen LogP contribution in [-0.2, 0) is 21.2 Å². The zero-order valence-electron chi connectivity index (χ0n) is 12.2. The van der Waals surface area contributed by atoms with E-state index in [4.69, 9.17) is 10.5 Å². The highest BCUT2D eigenvalue weighted by atomic mass is 32.2. The van der Waals surface area contributed by atoms with Gasteiger partial charge in [0.2, 0.25) is 10.0 Å². The van der Waals surface area contributed by atoms with Crippen molar-refractivity contribution in [2.45, 2.75) is 44.3 Å². The average molecular weight is 298 g/mol. The van der Waals surface area contributed by atoms with Gasteiger partial charge in [0.1, 0.15) is 0 Å². The largest absolute Gasteiger partial charge is 0.398 e. The fourth-order valence-corrected chi connectivity index (χ4v) is 4.16. The van der Waals surface area contributed by atoms with Gasteiger partial charge in [-0.2, -0.15) is 4.31 Å². The summed E-state index contributed by atoms with van der Waals surface area (Å²) in [6.45, 7) is 6.51. The Bertz CT molecular complexity index is 576. The SMILES string of the molecule is CCc1ccc(S(=O)(=O)N2CC(C)OC(C)C2)cc1N. The Balaban J connectivity index is 2.32. The number of benzene rings is 1. The van der Waals surface area contributed by atoms with Crippen molar-refractivity contribution in [3.63, 3.8) is 0 Å². The molecule has 0 spiro atoms. The molecule has 2 N–H and O–H groups in total. The molecule has 1 aromatic carbocycles. The first-order chi connectivity index (χ1) is 9.34. The van der Waals surface area contributed by atoms with E-state index in [9.17, 15) is 8.42 Å². The van der Waals surface area contributed by atoms with E-state index in [1.165, 1.54) is 4.31 Å². The van der Waals surface area contributed by atoms with E-state index in [1.807, 2.05) is 20.8 Å². The summed E-state index contributed by atoms with van der Waals surface area (Å²) < 4.78 is 32.3. The first-order valence-corrected chi connectivity index (χ1v) is 8.32. The standard InChI is InChI=1S/C14H22N2O3S/c1-4-12-5-6-13(7-14(12)15)20(17,18)16-8-10(2)19-11(3)9-16/h5-7,10-11H,4,8-9,15H2,1-3H3. The van der Waals surface area contributed by atoms with Crippen LogP contribution in [0.4, 0.5) is 5.69 Å². The molecule has 2 rings (SSSR count). The van der Waals surface area contributed by atoms with Crippen molar-refractivity contribution in [2.75, 3.05) is 18.8 Å². The summed E-state index contributed by atoms with van der Waals surface area (Å²) in [6.07, 6.45) is 0.596. The highest BCUT2D eigenvalue weighted by molar-refractivity contribution is 7.89. The van der Waals surface area contributed by atoms with Crippen molar-refractivity contribution in [3.8, 4) is 0 Å². The quantitative estimate of drug-likeness (QED) is 0.861. The van der Waals surface area contributed by atoms with Crippen LogP contribution >= 0.6 is 0 Å². The van der Waals surface area contributed by atoms with Crippen molar-refractivity contribution >= 4 is 15.7 Å². The van der Waals surface area contributed by atoms with Crippen LogP contribution < -0.4 is 5.73 Å². The third-order valence-electron chi connectivity index (χ3n) is 3.52. The van der Waals surface area contributed by atoms with E-state index in [2.05, 4.69) is 0 Å². The number of ether oxygens (including phenoxy) is 1. The summed E-state index contributed by atoms with van der Waals surface area (Å²) in [5, 5.41) is 0. The van der Waals surface area contributed by atoms with Gasteiger partial charge < -0.3 is 10.5 Å². The minimum Gasteiger partial charge on any atom is -0.398 e. The van der Waals surface area contributed by atoms with Crippen molar-refractivity contribution in [2.24, 2.45) is 0 Å². The van der Waals surface area contributed by atoms with Crippen LogP contribution in [0.3, 0.4) is 0 Å². The van der Waals surface area contributed by atoms with Crippen LogP contribution in [0.5, 0.6) is 0 Å². The molecule has 1 aliphatic heterocycles. The molecule has 20 heavy (non-hydrogen) atoms. The Morgan fingerprint density at radius 2 is 1.90 bits per heavy atom. The molecule has 0 aromatic heterocycles. The van der Waals surface area contributed by atoms with Gasteiger partial charge in [0.25, 0.3) is 0 Å². The Kier molecular flexibility index (Phi) is 4.36. The Hall–Kier alpha value is -1.11. The first-order valence-electron chi connectivity index (χ1n) is 6.88. The van der Waals surface area contributed by atoms with E-state index in [1.54, 1.807) is 18.2 Å².